The van der Waals surface area contributed by atoms with Crippen LogP contribution in [0.1, 0.15) is 38.3 Å². The van der Waals surface area contributed by atoms with E-state index in [4.69, 9.17) is 16.3 Å². The highest BCUT2D eigenvalue weighted by atomic mass is 35.5. The van der Waals surface area contributed by atoms with E-state index in [0.29, 0.717) is 24.5 Å². The van der Waals surface area contributed by atoms with Crippen molar-refractivity contribution in [2.75, 3.05) is 48.4 Å². The predicted molar refractivity (Wildman–Crippen MR) is 152 cm³/mol. The molecule has 2 aromatic rings. The van der Waals surface area contributed by atoms with Gasteiger partial charge in [-0.3, -0.25) is 4.79 Å². The number of benzene rings is 2. The summed E-state index contributed by atoms with van der Waals surface area (Å²) in [5.41, 5.74) is 2.08. The van der Waals surface area contributed by atoms with Crippen LogP contribution >= 0.6 is 11.6 Å². The molecule has 0 aromatic heterocycles. The van der Waals surface area contributed by atoms with Crippen molar-refractivity contribution in [2.24, 2.45) is 0 Å². The Morgan fingerprint density at radius 2 is 1.89 bits per heavy atom. The van der Waals surface area contributed by atoms with Crippen LogP contribution in [0.25, 0.3) is 6.08 Å². The summed E-state index contributed by atoms with van der Waals surface area (Å²) in [6, 6.07) is 13.2. The lowest BCUT2D eigenvalue weighted by Gasteiger charge is -2.46. The lowest BCUT2D eigenvalue weighted by atomic mass is 9.75. The molecule has 2 amide bonds. The van der Waals surface area contributed by atoms with Crippen LogP contribution in [0, 0.1) is 0 Å². The largest absolute Gasteiger partial charge is 0.444 e. The molecule has 204 valence electrons. The number of fused-ring (bicyclic) bond motifs is 2. The maximum atomic E-state index is 13.7. The first-order valence-electron chi connectivity index (χ1n) is 12.6. The number of nitrogens with one attached hydrogen (secondary N) is 1. The fraction of sp³-hybridized carbons (Fsp3) is 0.429. The van der Waals surface area contributed by atoms with Gasteiger partial charge in [-0.15, -0.1) is 0 Å². The molecule has 1 saturated heterocycles. The number of hydrogen-bond donors (Lipinski definition) is 1. The predicted octanol–water partition coefficient (Wildman–Crippen LogP) is 4.74. The fourth-order valence-corrected chi connectivity index (χ4v) is 5.67. The number of hydrogen-bond acceptors (Lipinski definition) is 6. The molecule has 0 unspecified atom stereocenters. The fourth-order valence-electron chi connectivity index (χ4n) is 4.82. The molecule has 0 radical (unpaired) electrons. The van der Waals surface area contributed by atoms with Crippen LogP contribution in [0.2, 0.25) is 5.02 Å². The summed E-state index contributed by atoms with van der Waals surface area (Å²) < 4.78 is 28.3. The van der Waals surface area contributed by atoms with E-state index in [-0.39, 0.29) is 24.7 Å². The van der Waals surface area contributed by atoms with Gasteiger partial charge >= 0.3 is 6.09 Å². The van der Waals surface area contributed by atoms with E-state index in [0.717, 1.165) is 22.5 Å². The molecule has 0 bridgehead atoms. The van der Waals surface area contributed by atoms with Crippen LogP contribution in [-0.2, 0) is 24.8 Å². The van der Waals surface area contributed by atoms with Crippen LogP contribution in [0.3, 0.4) is 0 Å². The number of sulfone groups is 1. The lowest BCUT2D eigenvalue weighted by molar-refractivity contribution is -0.128. The molecule has 2 aliphatic heterocycles. The highest BCUT2D eigenvalue weighted by molar-refractivity contribution is 7.90. The molecule has 4 rings (SSSR count). The summed E-state index contributed by atoms with van der Waals surface area (Å²) in [7, 11) is -3.01. The number of amides is 2. The molecule has 38 heavy (non-hydrogen) atoms. The van der Waals surface area contributed by atoms with Gasteiger partial charge in [-0.2, -0.15) is 0 Å². The minimum atomic E-state index is -3.01. The number of carbonyl (C=O) groups is 2. The van der Waals surface area contributed by atoms with Crippen molar-refractivity contribution in [2.45, 2.75) is 38.2 Å². The molecule has 10 heteroatoms. The molecule has 1 fully saturated rings. The molecular formula is C28H34ClN3O5S. The molecule has 2 heterocycles. The number of likely N-dealkylation sites (tertiary alicyclic amines) is 1. The van der Waals surface area contributed by atoms with Gasteiger partial charge in [0.25, 0.3) is 0 Å². The Bertz CT molecular complexity index is 1360. The zero-order chi connectivity index (χ0) is 27.7. The van der Waals surface area contributed by atoms with Crippen molar-refractivity contribution >= 4 is 50.9 Å². The zero-order valence-electron chi connectivity index (χ0n) is 22.2. The summed E-state index contributed by atoms with van der Waals surface area (Å²) in [6.45, 7) is 6.89. The first kappa shape index (κ1) is 28.0. The van der Waals surface area contributed by atoms with Gasteiger partial charge in [0, 0.05) is 48.8 Å². The smallest absolute Gasteiger partial charge is 0.410 e. The van der Waals surface area contributed by atoms with Gasteiger partial charge in [0.1, 0.15) is 20.9 Å². The van der Waals surface area contributed by atoms with Crippen LogP contribution in [0.5, 0.6) is 0 Å². The number of anilines is 2. The molecule has 2 aliphatic rings. The maximum absolute atomic E-state index is 13.7. The molecule has 1 spiro atoms. The van der Waals surface area contributed by atoms with Gasteiger partial charge in [-0.1, -0.05) is 42.0 Å². The van der Waals surface area contributed by atoms with Crippen molar-refractivity contribution in [3.05, 3.63) is 64.7 Å². The Balaban J connectivity index is 1.46. The third-order valence-corrected chi connectivity index (χ3v) is 7.81. The first-order valence-corrected chi connectivity index (χ1v) is 15.0. The molecule has 0 atom stereocenters. The number of carbonyl (C=O) groups excluding carboxylic acids is 2. The van der Waals surface area contributed by atoms with Crippen molar-refractivity contribution < 1.29 is 22.7 Å². The van der Waals surface area contributed by atoms with E-state index in [9.17, 15) is 18.0 Å². The number of halogens is 1. The molecule has 0 aliphatic carbocycles. The summed E-state index contributed by atoms with van der Waals surface area (Å²) in [5.74, 6) is 0.0795. The second-order valence-electron chi connectivity index (χ2n) is 10.9. The van der Waals surface area contributed by atoms with E-state index >= 15 is 0 Å². The number of para-hydroxylation sites is 1. The number of nitrogens with zero attached hydrogens (tertiary/aromatic N) is 2. The Labute approximate surface area is 229 Å². The van der Waals surface area contributed by atoms with Crippen molar-refractivity contribution in [1.82, 2.24) is 4.90 Å². The van der Waals surface area contributed by atoms with Crippen LogP contribution in [0.15, 0.2) is 48.5 Å². The quantitative estimate of drug-likeness (QED) is 0.470. The van der Waals surface area contributed by atoms with Gasteiger partial charge in [0.2, 0.25) is 5.91 Å². The number of ether oxygens (including phenoxy) is 1. The minimum Gasteiger partial charge on any atom is -0.444 e. The maximum Gasteiger partial charge on any atom is 0.410 e. The third kappa shape index (κ3) is 6.15. The normalized spacial score (nSPS) is 16.6. The first-order chi connectivity index (χ1) is 17.8. The Kier molecular flexibility index (Phi) is 7.81. The summed E-state index contributed by atoms with van der Waals surface area (Å²) >= 11 is 6.23. The highest BCUT2D eigenvalue weighted by Gasteiger charge is 2.59. The molecular weight excluding hydrogens is 526 g/mol. The monoisotopic (exact) mass is 559 g/mol. The van der Waals surface area contributed by atoms with E-state index in [1.54, 1.807) is 15.9 Å². The summed E-state index contributed by atoms with van der Waals surface area (Å²) in [5, 5.41) is 3.85. The molecule has 0 saturated carbocycles. The average Bonchev–Trinajstić information content (AvgIpc) is 3.03. The number of rotatable bonds is 8. The van der Waals surface area contributed by atoms with E-state index < -0.39 is 26.9 Å². The van der Waals surface area contributed by atoms with Crippen molar-refractivity contribution in [3.8, 4) is 0 Å². The van der Waals surface area contributed by atoms with E-state index in [1.807, 2.05) is 69.3 Å². The van der Waals surface area contributed by atoms with Gasteiger partial charge in [0.15, 0.2) is 0 Å². The highest BCUT2D eigenvalue weighted by Crippen LogP contribution is 2.47. The van der Waals surface area contributed by atoms with Crippen molar-refractivity contribution in [3.63, 3.8) is 0 Å². The van der Waals surface area contributed by atoms with Crippen LogP contribution < -0.4 is 10.2 Å². The molecule has 2 aromatic carbocycles. The Hall–Kier alpha value is -3.04. The third-order valence-electron chi connectivity index (χ3n) is 6.54. The summed E-state index contributed by atoms with van der Waals surface area (Å²) in [4.78, 5) is 29.5. The average molecular weight is 560 g/mol. The SMILES string of the molecule is CC(C)(C)OC(=O)N1CC2(C1)C(=O)N(C/C=C/c1cc(Cl)ccc1NCCCS(C)(=O)=O)c1ccccc12. The lowest BCUT2D eigenvalue weighted by Crippen LogP contribution is -2.65. The van der Waals surface area contributed by atoms with Crippen molar-refractivity contribution in [1.29, 1.82) is 0 Å². The second-order valence-corrected chi connectivity index (χ2v) is 13.6. The van der Waals surface area contributed by atoms with Crippen LogP contribution in [-0.4, -0.2) is 69.1 Å². The Morgan fingerprint density at radius 3 is 2.58 bits per heavy atom. The van der Waals surface area contributed by atoms with E-state index in [1.165, 1.54) is 6.26 Å². The Morgan fingerprint density at radius 1 is 1.18 bits per heavy atom. The van der Waals surface area contributed by atoms with Crippen LogP contribution in [0.4, 0.5) is 16.2 Å². The topological polar surface area (TPSA) is 96.0 Å². The van der Waals surface area contributed by atoms with Gasteiger partial charge < -0.3 is 19.9 Å². The van der Waals surface area contributed by atoms with Gasteiger partial charge in [-0.05, 0) is 62.6 Å². The summed E-state index contributed by atoms with van der Waals surface area (Å²) in [6.07, 6.45) is 5.12. The minimum absolute atomic E-state index is 0.0339. The standard InChI is InChI=1S/C28H34ClN3O5S/c1-27(2,3)37-26(34)31-18-28(19-31)22-10-5-6-11-24(22)32(25(28)33)15-7-9-20-17-21(29)12-13-23(20)30-14-8-16-38(4,35)36/h5-7,9-13,17,30H,8,14-16,18-19H2,1-4H3/b9-7+. The van der Waals surface area contributed by atoms with Gasteiger partial charge in [0.05, 0.1) is 5.75 Å². The molecule has 1 N–H and O–H groups in total. The molecule has 8 nitrogen and oxygen atoms in total. The zero-order valence-corrected chi connectivity index (χ0v) is 23.7. The second kappa shape index (κ2) is 10.6. The van der Waals surface area contributed by atoms with E-state index in [2.05, 4.69) is 5.32 Å². The van der Waals surface area contributed by atoms with Gasteiger partial charge in [-0.25, -0.2) is 13.2 Å².